The standard InChI is InChI=1S/C16H16ClN3O3S2/c1-20-6-5-18-16(20)24-14-3-2-12(17)9-13(14)19-15(21)8-11-4-7-25(22,23)10-11/h2-7,9,11H,8,10H2,1H3,(H,19,21). The highest BCUT2D eigenvalue weighted by Crippen LogP contribution is 2.34. The van der Waals surface area contributed by atoms with Crippen LogP contribution in [0.15, 0.2) is 52.1 Å². The normalized spacial score (nSPS) is 18.4. The van der Waals surface area contributed by atoms with Crippen LogP contribution >= 0.6 is 23.4 Å². The highest BCUT2D eigenvalue weighted by molar-refractivity contribution is 7.99. The summed E-state index contributed by atoms with van der Waals surface area (Å²) in [5, 5.41) is 5.28. The lowest BCUT2D eigenvalue weighted by Gasteiger charge is -2.12. The average Bonchev–Trinajstić information content (AvgIpc) is 3.07. The summed E-state index contributed by atoms with van der Waals surface area (Å²) < 4.78 is 24.8. The number of hydrogen-bond acceptors (Lipinski definition) is 5. The average molecular weight is 398 g/mol. The number of imidazole rings is 1. The fraction of sp³-hybridized carbons (Fsp3) is 0.250. The molecule has 6 nitrogen and oxygen atoms in total. The van der Waals surface area contributed by atoms with Gasteiger partial charge in [0.15, 0.2) is 15.0 Å². The molecule has 1 N–H and O–H groups in total. The molecule has 0 saturated carbocycles. The van der Waals surface area contributed by atoms with Crippen molar-refractivity contribution in [2.24, 2.45) is 13.0 Å². The molecule has 0 bridgehead atoms. The molecule has 2 heterocycles. The number of anilines is 1. The zero-order chi connectivity index (χ0) is 18.0. The number of allylic oxidation sites excluding steroid dienone is 1. The van der Waals surface area contributed by atoms with Crippen LogP contribution in [0.4, 0.5) is 5.69 Å². The Balaban J connectivity index is 1.73. The molecule has 3 rings (SSSR count). The van der Waals surface area contributed by atoms with Crippen molar-refractivity contribution in [3.8, 4) is 0 Å². The number of aromatic nitrogens is 2. The second-order valence-electron chi connectivity index (χ2n) is 5.73. The molecule has 1 unspecified atom stereocenters. The van der Waals surface area contributed by atoms with Crippen LogP contribution in [0.1, 0.15) is 6.42 Å². The van der Waals surface area contributed by atoms with Gasteiger partial charge >= 0.3 is 0 Å². The summed E-state index contributed by atoms with van der Waals surface area (Å²) in [6.07, 6.45) is 5.21. The highest BCUT2D eigenvalue weighted by atomic mass is 35.5. The molecule has 2 aromatic rings. The predicted molar refractivity (Wildman–Crippen MR) is 98.4 cm³/mol. The molecule has 25 heavy (non-hydrogen) atoms. The summed E-state index contributed by atoms with van der Waals surface area (Å²) in [7, 11) is -1.28. The van der Waals surface area contributed by atoms with Crippen molar-refractivity contribution >= 4 is 44.8 Å². The van der Waals surface area contributed by atoms with Gasteiger partial charge in [0, 0.05) is 47.1 Å². The minimum atomic E-state index is -3.16. The van der Waals surface area contributed by atoms with Crippen LogP contribution in [0.25, 0.3) is 0 Å². The number of benzene rings is 1. The van der Waals surface area contributed by atoms with Crippen LogP contribution in [0, 0.1) is 5.92 Å². The third kappa shape index (κ3) is 4.65. The molecule has 0 radical (unpaired) electrons. The van der Waals surface area contributed by atoms with Crippen LogP contribution in [-0.2, 0) is 21.7 Å². The molecule has 1 aliphatic heterocycles. The van der Waals surface area contributed by atoms with Crippen LogP contribution in [0.2, 0.25) is 5.02 Å². The first-order valence-corrected chi connectivity index (χ1v) is 10.4. The topological polar surface area (TPSA) is 81.1 Å². The number of carbonyl (C=O) groups is 1. The molecule has 0 fully saturated rings. The monoisotopic (exact) mass is 397 g/mol. The number of nitrogens with zero attached hydrogens (tertiary/aromatic N) is 2. The number of carbonyl (C=O) groups excluding carboxylic acids is 1. The van der Waals surface area contributed by atoms with E-state index in [1.807, 2.05) is 23.9 Å². The van der Waals surface area contributed by atoms with Crippen molar-refractivity contribution in [1.82, 2.24) is 9.55 Å². The van der Waals surface area contributed by atoms with Gasteiger partial charge in [0.1, 0.15) is 0 Å². The van der Waals surface area contributed by atoms with Crippen molar-refractivity contribution in [2.75, 3.05) is 11.1 Å². The van der Waals surface area contributed by atoms with Gasteiger partial charge in [0.05, 0.1) is 11.4 Å². The maximum atomic E-state index is 12.3. The molecule has 1 amide bonds. The van der Waals surface area contributed by atoms with E-state index in [1.54, 1.807) is 24.4 Å². The lowest BCUT2D eigenvalue weighted by atomic mass is 10.1. The first-order chi connectivity index (χ1) is 11.8. The molecule has 1 aliphatic rings. The molecule has 132 valence electrons. The Morgan fingerprint density at radius 2 is 2.28 bits per heavy atom. The minimum Gasteiger partial charge on any atom is -0.329 e. The van der Waals surface area contributed by atoms with Crippen molar-refractivity contribution in [1.29, 1.82) is 0 Å². The maximum absolute atomic E-state index is 12.3. The SMILES string of the molecule is Cn1ccnc1Sc1ccc(Cl)cc1NC(=O)CC1C=CS(=O)(=O)C1. The Morgan fingerprint density at radius 3 is 2.92 bits per heavy atom. The van der Waals surface area contributed by atoms with Gasteiger partial charge in [-0.15, -0.1) is 0 Å². The van der Waals surface area contributed by atoms with Gasteiger partial charge in [-0.3, -0.25) is 4.79 Å². The van der Waals surface area contributed by atoms with E-state index in [0.29, 0.717) is 10.7 Å². The molecular weight excluding hydrogens is 382 g/mol. The number of aryl methyl sites for hydroxylation is 1. The molecule has 1 aromatic heterocycles. The van der Waals surface area contributed by atoms with Gasteiger partial charge in [-0.1, -0.05) is 17.7 Å². The van der Waals surface area contributed by atoms with E-state index in [1.165, 1.54) is 17.2 Å². The third-order valence-electron chi connectivity index (χ3n) is 3.65. The van der Waals surface area contributed by atoms with Crippen LogP contribution < -0.4 is 5.32 Å². The van der Waals surface area contributed by atoms with E-state index in [2.05, 4.69) is 10.3 Å². The lowest BCUT2D eigenvalue weighted by Crippen LogP contribution is -2.18. The van der Waals surface area contributed by atoms with Crippen LogP contribution in [0.3, 0.4) is 0 Å². The fourth-order valence-corrected chi connectivity index (χ4v) is 4.89. The molecule has 0 aliphatic carbocycles. The van der Waals surface area contributed by atoms with Gasteiger partial charge in [0.2, 0.25) is 5.91 Å². The van der Waals surface area contributed by atoms with Crippen molar-refractivity contribution in [3.05, 3.63) is 47.1 Å². The molecule has 0 saturated heterocycles. The smallest absolute Gasteiger partial charge is 0.225 e. The molecule has 9 heteroatoms. The molecule has 1 atom stereocenters. The second kappa shape index (κ2) is 7.23. The molecule has 0 spiro atoms. The zero-order valence-corrected chi connectivity index (χ0v) is 15.7. The summed E-state index contributed by atoms with van der Waals surface area (Å²) in [5.74, 6) is -0.573. The number of sulfone groups is 1. The van der Waals surface area contributed by atoms with E-state index in [-0.39, 0.29) is 24.0 Å². The van der Waals surface area contributed by atoms with Gasteiger partial charge in [-0.25, -0.2) is 13.4 Å². The van der Waals surface area contributed by atoms with E-state index in [0.717, 1.165) is 10.1 Å². The largest absolute Gasteiger partial charge is 0.329 e. The Morgan fingerprint density at radius 1 is 1.48 bits per heavy atom. The predicted octanol–water partition coefficient (Wildman–Crippen LogP) is 3.11. The Bertz CT molecular complexity index is 938. The summed E-state index contributed by atoms with van der Waals surface area (Å²) in [5.41, 5.74) is 0.579. The lowest BCUT2D eigenvalue weighted by molar-refractivity contribution is -0.116. The third-order valence-corrected chi connectivity index (χ3v) is 6.50. The van der Waals surface area contributed by atoms with Gasteiger partial charge in [-0.2, -0.15) is 0 Å². The number of amides is 1. The number of halogens is 1. The van der Waals surface area contributed by atoms with Gasteiger partial charge in [0.25, 0.3) is 0 Å². The van der Waals surface area contributed by atoms with Crippen LogP contribution in [0.5, 0.6) is 0 Å². The van der Waals surface area contributed by atoms with Crippen molar-refractivity contribution in [2.45, 2.75) is 16.5 Å². The summed E-state index contributed by atoms with van der Waals surface area (Å²) in [6.45, 7) is 0. The Kier molecular flexibility index (Phi) is 5.21. The highest BCUT2D eigenvalue weighted by Gasteiger charge is 2.24. The van der Waals surface area contributed by atoms with E-state index in [9.17, 15) is 13.2 Å². The fourth-order valence-electron chi connectivity index (χ4n) is 2.44. The molecule has 1 aromatic carbocycles. The van der Waals surface area contributed by atoms with Gasteiger partial charge < -0.3 is 9.88 Å². The Hall–Kier alpha value is -1.77. The van der Waals surface area contributed by atoms with Crippen molar-refractivity contribution < 1.29 is 13.2 Å². The maximum Gasteiger partial charge on any atom is 0.225 e. The first-order valence-electron chi connectivity index (χ1n) is 7.48. The van der Waals surface area contributed by atoms with E-state index < -0.39 is 9.84 Å². The minimum absolute atomic E-state index is 0.0230. The summed E-state index contributed by atoms with van der Waals surface area (Å²) in [4.78, 5) is 17.4. The van der Waals surface area contributed by atoms with Crippen LogP contribution in [-0.4, -0.2) is 29.6 Å². The zero-order valence-electron chi connectivity index (χ0n) is 13.3. The van der Waals surface area contributed by atoms with Gasteiger partial charge in [-0.05, 0) is 30.0 Å². The van der Waals surface area contributed by atoms with E-state index >= 15 is 0 Å². The number of nitrogens with one attached hydrogen (secondary N) is 1. The van der Waals surface area contributed by atoms with Crippen molar-refractivity contribution in [3.63, 3.8) is 0 Å². The first kappa shape index (κ1) is 18.0. The number of hydrogen-bond donors (Lipinski definition) is 1. The summed E-state index contributed by atoms with van der Waals surface area (Å²) >= 11 is 7.46. The molecular formula is C16H16ClN3O3S2. The quantitative estimate of drug-likeness (QED) is 0.838. The second-order valence-corrected chi connectivity index (χ2v) is 9.11. The summed E-state index contributed by atoms with van der Waals surface area (Å²) in [6, 6.07) is 5.23. The Labute approximate surface area is 155 Å². The number of rotatable bonds is 5. The van der Waals surface area contributed by atoms with E-state index in [4.69, 9.17) is 11.6 Å².